The van der Waals surface area contributed by atoms with Crippen molar-refractivity contribution < 1.29 is 9.53 Å². The summed E-state index contributed by atoms with van der Waals surface area (Å²) in [5, 5.41) is 12.0. The van der Waals surface area contributed by atoms with Gasteiger partial charge in [-0.15, -0.1) is 0 Å². The van der Waals surface area contributed by atoms with Crippen molar-refractivity contribution in [3.63, 3.8) is 0 Å². The van der Waals surface area contributed by atoms with Crippen molar-refractivity contribution in [2.75, 3.05) is 18.5 Å². The van der Waals surface area contributed by atoms with E-state index >= 15 is 0 Å². The van der Waals surface area contributed by atoms with Gasteiger partial charge in [-0.1, -0.05) is 26.0 Å². The Kier molecular flexibility index (Phi) is 3.59. The van der Waals surface area contributed by atoms with E-state index in [0.29, 0.717) is 5.92 Å². The monoisotopic (exact) mass is 258 g/mol. The van der Waals surface area contributed by atoms with E-state index in [1.54, 1.807) is 0 Å². The summed E-state index contributed by atoms with van der Waals surface area (Å²) < 4.78 is 5.00. The predicted octanol–water partition coefficient (Wildman–Crippen LogP) is 2.60. The van der Waals surface area contributed by atoms with Crippen LogP contribution in [0, 0.1) is 23.7 Å². The van der Waals surface area contributed by atoms with Crippen molar-refractivity contribution in [2.45, 2.75) is 26.7 Å². The number of carbonyl (C=O) groups excluding carboxylic acids is 1. The molecule has 4 heteroatoms. The molecule has 2 rings (SSSR count). The molecule has 1 aliphatic rings. The summed E-state index contributed by atoms with van der Waals surface area (Å²) in [7, 11) is 0. The summed E-state index contributed by atoms with van der Waals surface area (Å²) in [6, 6.07) is 8.07. The van der Waals surface area contributed by atoms with E-state index in [-0.39, 0.29) is 19.1 Å². The van der Waals surface area contributed by atoms with Crippen LogP contribution in [0.1, 0.15) is 30.9 Å². The van der Waals surface area contributed by atoms with Crippen molar-refractivity contribution in [1.29, 1.82) is 5.26 Å². The first-order valence-corrected chi connectivity index (χ1v) is 6.39. The average Bonchev–Trinajstić information content (AvgIpc) is 2.31. The Labute approximate surface area is 113 Å². The topological polar surface area (TPSA) is 62.1 Å². The van der Waals surface area contributed by atoms with E-state index in [0.717, 1.165) is 16.8 Å². The van der Waals surface area contributed by atoms with Crippen molar-refractivity contribution >= 4 is 11.6 Å². The molecular weight excluding hydrogens is 240 g/mol. The van der Waals surface area contributed by atoms with Crippen LogP contribution in [0.25, 0.3) is 0 Å². The third kappa shape index (κ3) is 2.47. The van der Waals surface area contributed by atoms with Crippen LogP contribution < -0.4 is 5.32 Å². The van der Waals surface area contributed by atoms with E-state index in [2.05, 4.69) is 31.3 Å². The molecule has 1 aromatic rings. The molecule has 1 amide bonds. The summed E-state index contributed by atoms with van der Waals surface area (Å²) in [4.78, 5) is 12.2. The number of amides is 1. The fourth-order valence-corrected chi connectivity index (χ4v) is 1.93. The Morgan fingerprint density at radius 3 is 2.63 bits per heavy atom. The first-order valence-electron chi connectivity index (χ1n) is 6.39. The fraction of sp³-hybridized carbons (Fsp3) is 0.467. The maximum absolute atomic E-state index is 12.2. The highest BCUT2D eigenvalue weighted by Gasteiger charge is 2.46. The maximum Gasteiger partial charge on any atom is 0.249 e. The van der Waals surface area contributed by atoms with Gasteiger partial charge in [0.25, 0.3) is 0 Å². The lowest BCUT2D eigenvalue weighted by molar-refractivity contribution is -0.144. The summed E-state index contributed by atoms with van der Waals surface area (Å²) >= 11 is 0. The first kappa shape index (κ1) is 13.6. The van der Waals surface area contributed by atoms with Gasteiger partial charge in [0, 0.05) is 5.69 Å². The minimum absolute atomic E-state index is 0.179. The molecule has 0 bridgehead atoms. The number of anilines is 1. The summed E-state index contributed by atoms with van der Waals surface area (Å²) in [5.41, 5.74) is 1.92. The lowest BCUT2D eigenvalue weighted by atomic mass is 9.86. The van der Waals surface area contributed by atoms with Gasteiger partial charge in [-0.3, -0.25) is 4.79 Å². The minimum atomic E-state index is -1.01. The molecule has 0 atom stereocenters. The lowest BCUT2D eigenvalue weighted by Gasteiger charge is -2.33. The van der Waals surface area contributed by atoms with Crippen LogP contribution in [0.3, 0.4) is 0 Å². The molecule has 0 aromatic heterocycles. The van der Waals surface area contributed by atoms with E-state index in [9.17, 15) is 4.79 Å². The normalized spacial score (nSPS) is 16.6. The van der Waals surface area contributed by atoms with Gasteiger partial charge in [0.15, 0.2) is 5.41 Å². The second kappa shape index (κ2) is 5.02. The van der Waals surface area contributed by atoms with Gasteiger partial charge in [0.1, 0.15) is 0 Å². The zero-order valence-electron chi connectivity index (χ0n) is 11.5. The Morgan fingerprint density at radius 2 is 2.16 bits per heavy atom. The molecule has 100 valence electrons. The van der Waals surface area contributed by atoms with Gasteiger partial charge < -0.3 is 10.1 Å². The molecule has 0 radical (unpaired) electrons. The van der Waals surface area contributed by atoms with Gasteiger partial charge in [0.05, 0.1) is 19.3 Å². The van der Waals surface area contributed by atoms with Gasteiger partial charge in [-0.2, -0.15) is 5.26 Å². The lowest BCUT2D eigenvalue weighted by Crippen LogP contribution is -2.50. The number of ether oxygens (including phenoxy) is 1. The molecule has 0 unspecified atom stereocenters. The maximum atomic E-state index is 12.2. The number of nitrogens with one attached hydrogen (secondary N) is 1. The number of benzene rings is 1. The number of hydrogen-bond donors (Lipinski definition) is 1. The third-order valence-electron chi connectivity index (χ3n) is 3.52. The van der Waals surface area contributed by atoms with E-state index in [4.69, 9.17) is 10.00 Å². The first-order chi connectivity index (χ1) is 8.98. The zero-order valence-corrected chi connectivity index (χ0v) is 11.5. The largest absolute Gasteiger partial charge is 0.377 e. The Bertz CT molecular complexity index is 540. The SMILES string of the molecule is Cc1ccc(C(C)C)cc1NC(=O)C1(C#N)COC1. The van der Waals surface area contributed by atoms with Crippen molar-refractivity contribution in [2.24, 2.45) is 5.41 Å². The standard InChI is InChI=1S/C15H18N2O2/c1-10(2)12-5-4-11(3)13(6-12)17-14(18)15(7-16)8-19-9-15/h4-6,10H,8-9H2,1-3H3,(H,17,18). The number of rotatable bonds is 3. The molecule has 1 fully saturated rings. The van der Waals surface area contributed by atoms with Crippen LogP contribution in [-0.4, -0.2) is 19.1 Å². The smallest absolute Gasteiger partial charge is 0.249 e. The molecule has 1 N–H and O–H groups in total. The number of nitrogens with zero attached hydrogens (tertiary/aromatic N) is 1. The Balaban J connectivity index is 2.21. The van der Waals surface area contributed by atoms with Crippen molar-refractivity contribution in [1.82, 2.24) is 0 Å². The van der Waals surface area contributed by atoms with Gasteiger partial charge in [-0.25, -0.2) is 0 Å². The highest BCUT2D eigenvalue weighted by molar-refractivity contribution is 5.98. The predicted molar refractivity (Wildman–Crippen MR) is 72.8 cm³/mol. The molecule has 1 aliphatic heterocycles. The second-order valence-corrected chi connectivity index (χ2v) is 5.37. The number of carbonyl (C=O) groups is 1. The summed E-state index contributed by atoms with van der Waals surface area (Å²) in [5.74, 6) is 0.124. The fourth-order valence-electron chi connectivity index (χ4n) is 1.93. The van der Waals surface area contributed by atoms with Crippen molar-refractivity contribution in [3.05, 3.63) is 29.3 Å². The zero-order chi connectivity index (χ0) is 14.0. The van der Waals surface area contributed by atoms with Crippen LogP contribution in [-0.2, 0) is 9.53 Å². The third-order valence-corrected chi connectivity index (χ3v) is 3.52. The van der Waals surface area contributed by atoms with Crippen LogP contribution in [0.15, 0.2) is 18.2 Å². The molecule has 1 aromatic carbocycles. The van der Waals surface area contributed by atoms with Crippen LogP contribution in [0.5, 0.6) is 0 Å². The average molecular weight is 258 g/mol. The second-order valence-electron chi connectivity index (χ2n) is 5.37. The van der Waals surface area contributed by atoms with Crippen molar-refractivity contribution in [3.8, 4) is 6.07 Å². The van der Waals surface area contributed by atoms with Gasteiger partial charge in [0.2, 0.25) is 5.91 Å². The number of nitriles is 1. The summed E-state index contributed by atoms with van der Waals surface area (Å²) in [6.07, 6.45) is 0. The highest BCUT2D eigenvalue weighted by atomic mass is 16.5. The van der Waals surface area contributed by atoms with Crippen LogP contribution in [0.2, 0.25) is 0 Å². The van der Waals surface area contributed by atoms with Crippen LogP contribution in [0.4, 0.5) is 5.69 Å². The molecule has 1 saturated heterocycles. The van der Waals surface area contributed by atoms with E-state index in [1.807, 2.05) is 19.1 Å². The Morgan fingerprint density at radius 1 is 1.47 bits per heavy atom. The summed E-state index contributed by atoms with van der Waals surface area (Å²) in [6.45, 7) is 6.51. The molecule has 0 spiro atoms. The van der Waals surface area contributed by atoms with E-state index in [1.165, 1.54) is 0 Å². The molecule has 0 saturated carbocycles. The van der Waals surface area contributed by atoms with Crippen LogP contribution >= 0.6 is 0 Å². The molecule has 1 heterocycles. The van der Waals surface area contributed by atoms with E-state index < -0.39 is 5.41 Å². The molecular formula is C15H18N2O2. The number of hydrogen-bond acceptors (Lipinski definition) is 3. The molecule has 4 nitrogen and oxygen atoms in total. The minimum Gasteiger partial charge on any atom is -0.377 e. The number of aryl methyl sites for hydroxylation is 1. The highest BCUT2D eigenvalue weighted by Crippen LogP contribution is 2.30. The van der Waals surface area contributed by atoms with Gasteiger partial charge >= 0.3 is 0 Å². The Hall–Kier alpha value is -1.86. The molecule has 19 heavy (non-hydrogen) atoms. The quantitative estimate of drug-likeness (QED) is 0.906. The van der Waals surface area contributed by atoms with Gasteiger partial charge in [-0.05, 0) is 30.0 Å². The molecule has 0 aliphatic carbocycles.